The molecular formula is C14H23NO3. The van der Waals surface area contributed by atoms with Crippen molar-refractivity contribution in [3.63, 3.8) is 0 Å². The molecule has 4 nitrogen and oxygen atoms in total. The van der Waals surface area contributed by atoms with Crippen LogP contribution < -0.4 is 9.47 Å². The summed E-state index contributed by atoms with van der Waals surface area (Å²) in [5.74, 6) is 1.49. The molecule has 18 heavy (non-hydrogen) atoms. The van der Waals surface area contributed by atoms with E-state index in [1.165, 1.54) is 0 Å². The Labute approximate surface area is 109 Å². The first-order chi connectivity index (χ1) is 8.74. The van der Waals surface area contributed by atoms with Crippen LogP contribution in [-0.4, -0.2) is 43.9 Å². The Morgan fingerprint density at radius 2 is 1.83 bits per heavy atom. The maximum absolute atomic E-state index is 9.04. The second-order valence-corrected chi connectivity index (χ2v) is 4.19. The molecule has 1 N–H and O–H groups in total. The molecule has 1 aromatic carbocycles. The Morgan fingerprint density at radius 1 is 1.11 bits per heavy atom. The van der Waals surface area contributed by atoms with Crippen molar-refractivity contribution in [2.75, 3.05) is 33.9 Å². The van der Waals surface area contributed by atoms with Gasteiger partial charge in [0.1, 0.15) is 0 Å². The van der Waals surface area contributed by atoms with Crippen LogP contribution >= 0.6 is 0 Å². The van der Waals surface area contributed by atoms with Crippen LogP contribution in [0.2, 0.25) is 0 Å². The van der Waals surface area contributed by atoms with E-state index in [-0.39, 0.29) is 6.61 Å². The van der Waals surface area contributed by atoms with Gasteiger partial charge in [-0.15, -0.1) is 0 Å². The van der Waals surface area contributed by atoms with Crippen LogP contribution in [-0.2, 0) is 6.54 Å². The molecule has 0 aliphatic rings. The van der Waals surface area contributed by atoms with E-state index in [0.29, 0.717) is 6.54 Å². The van der Waals surface area contributed by atoms with Crippen LogP contribution in [0.1, 0.15) is 18.9 Å². The average molecular weight is 253 g/mol. The lowest BCUT2D eigenvalue weighted by atomic mass is 10.2. The Hall–Kier alpha value is -1.26. The van der Waals surface area contributed by atoms with E-state index < -0.39 is 0 Å². The SMILES string of the molecule is CCCN(CCO)Cc1ccc(OC)c(OC)c1. The van der Waals surface area contributed by atoms with E-state index in [1.54, 1.807) is 14.2 Å². The van der Waals surface area contributed by atoms with Gasteiger partial charge in [0.05, 0.1) is 20.8 Å². The first-order valence-electron chi connectivity index (χ1n) is 6.29. The summed E-state index contributed by atoms with van der Waals surface area (Å²) in [5.41, 5.74) is 1.16. The van der Waals surface area contributed by atoms with Crippen LogP contribution in [0.3, 0.4) is 0 Å². The number of nitrogens with zero attached hydrogens (tertiary/aromatic N) is 1. The van der Waals surface area contributed by atoms with Crippen molar-refractivity contribution in [2.45, 2.75) is 19.9 Å². The monoisotopic (exact) mass is 253 g/mol. The van der Waals surface area contributed by atoms with Crippen molar-refractivity contribution in [3.05, 3.63) is 23.8 Å². The highest BCUT2D eigenvalue weighted by atomic mass is 16.5. The second kappa shape index (κ2) is 7.95. The molecule has 0 aliphatic carbocycles. The van der Waals surface area contributed by atoms with Crippen molar-refractivity contribution in [1.82, 2.24) is 4.90 Å². The zero-order chi connectivity index (χ0) is 13.4. The minimum absolute atomic E-state index is 0.188. The van der Waals surface area contributed by atoms with Crippen LogP contribution in [0, 0.1) is 0 Å². The van der Waals surface area contributed by atoms with Crippen LogP contribution in [0.15, 0.2) is 18.2 Å². The molecule has 1 rings (SSSR count). The van der Waals surface area contributed by atoms with E-state index in [9.17, 15) is 0 Å². The topological polar surface area (TPSA) is 41.9 Å². The van der Waals surface area contributed by atoms with E-state index in [2.05, 4.69) is 11.8 Å². The van der Waals surface area contributed by atoms with Gasteiger partial charge in [0.25, 0.3) is 0 Å². The lowest BCUT2D eigenvalue weighted by Crippen LogP contribution is -2.27. The van der Waals surface area contributed by atoms with Crippen LogP contribution in [0.5, 0.6) is 11.5 Å². The van der Waals surface area contributed by atoms with Gasteiger partial charge >= 0.3 is 0 Å². The molecule has 0 unspecified atom stereocenters. The molecule has 0 spiro atoms. The van der Waals surface area contributed by atoms with Gasteiger partial charge in [0.2, 0.25) is 0 Å². The summed E-state index contributed by atoms with van der Waals surface area (Å²) in [6.07, 6.45) is 1.08. The van der Waals surface area contributed by atoms with Crippen molar-refractivity contribution < 1.29 is 14.6 Å². The van der Waals surface area contributed by atoms with Crippen molar-refractivity contribution in [3.8, 4) is 11.5 Å². The summed E-state index contributed by atoms with van der Waals surface area (Å²) in [6.45, 7) is 4.82. The molecule has 0 aromatic heterocycles. The van der Waals surface area contributed by atoms with E-state index >= 15 is 0 Å². The largest absolute Gasteiger partial charge is 0.493 e. The zero-order valence-electron chi connectivity index (χ0n) is 11.5. The van der Waals surface area contributed by atoms with E-state index in [4.69, 9.17) is 14.6 Å². The van der Waals surface area contributed by atoms with Crippen molar-refractivity contribution >= 4 is 0 Å². The summed E-state index contributed by atoms with van der Waals surface area (Å²) in [7, 11) is 3.27. The smallest absolute Gasteiger partial charge is 0.161 e. The molecule has 1 aromatic rings. The summed E-state index contributed by atoms with van der Waals surface area (Å²) in [6, 6.07) is 5.93. The molecule has 102 valence electrons. The quantitative estimate of drug-likeness (QED) is 0.768. The lowest BCUT2D eigenvalue weighted by Gasteiger charge is -2.21. The van der Waals surface area contributed by atoms with Gasteiger partial charge < -0.3 is 14.6 Å². The molecule has 0 saturated carbocycles. The molecular weight excluding hydrogens is 230 g/mol. The molecule has 4 heteroatoms. The summed E-state index contributed by atoms with van der Waals surface area (Å²) in [5, 5.41) is 9.04. The number of methoxy groups -OCH3 is 2. The standard InChI is InChI=1S/C14H23NO3/c1-4-7-15(8-9-16)11-12-5-6-13(17-2)14(10-12)18-3/h5-6,10,16H,4,7-9,11H2,1-3H3. The number of aliphatic hydroxyl groups excluding tert-OH is 1. The third-order valence-electron chi connectivity index (χ3n) is 2.81. The Bertz CT molecular complexity index is 349. The fraction of sp³-hybridized carbons (Fsp3) is 0.571. The minimum atomic E-state index is 0.188. The zero-order valence-corrected chi connectivity index (χ0v) is 11.5. The lowest BCUT2D eigenvalue weighted by molar-refractivity contribution is 0.190. The highest BCUT2D eigenvalue weighted by Gasteiger charge is 2.08. The predicted octanol–water partition coefficient (Wildman–Crippen LogP) is 1.91. The Balaban J connectivity index is 2.76. The highest BCUT2D eigenvalue weighted by Crippen LogP contribution is 2.27. The molecule has 0 saturated heterocycles. The molecule has 0 aliphatic heterocycles. The first kappa shape index (κ1) is 14.8. The van der Waals surface area contributed by atoms with E-state index in [1.807, 2.05) is 18.2 Å². The molecule has 0 bridgehead atoms. The second-order valence-electron chi connectivity index (χ2n) is 4.19. The molecule has 0 heterocycles. The average Bonchev–Trinajstić information content (AvgIpc) is 2.39. The van der Waals surface area contributed by atoms with Gasteiger partial charge in [-0.2, -0.15) is 0 Å². The van der Waals surface area contributed by atoms with Gasteiger partial charge in [-0.1, -0.05) is 13.0 Å². The highest BCUT2D eigenvalue weighted by molar-refractivity contribution is 5.42. The van der Waals surface area contributed by atoms with Gasteiger partial charge in [-0.25, -0.2) is 0 Å². The fourth-order valence-corrected chi connectivity index (χ4v) is 1.96. The summed E-state index contributed by atoms with van der Waals surface area (Å²) < 4.78 is 10.5. The number of aliphatic hydroxyl groups is 1. The molecule has 0 radical (unpaired) electrons. The Morgan fingerprint density at radius 3 is 2.39 bits per heavy atom. The number of rotatable bonds is 8. The number of benzene rings is 1. The summed E-state index contributed by atoms with van der Waals surface area (Å²) in [4.78, 5) is 2.22. The van der Waals surface area contributed by atoms with Crippen molar-refractivity contribution in [2.24, 2.45) is 0 Å². The number of hydrogen-bond donors (Lipinski definition) is 1. The number of hydrogen-bond acceptors (Lipinski definition) is 4. The normalized spacial score (nSPS) is 10.7. The minimum Gasteiger partial charge on any atom is -0.493 e. The first-order valence-corrected chi connectivity index (χ1v) is 6.29. The fourth-order valence-electron chi connectivity index (χ4n) is 1.96. The summed E-state index contributed by atoms with van der Waals surface area (Å²) >= 11 is 0. The van der Waals surface area contributed by atoms with Gasteiger partial charge in [0.15, 0.2) is 11.5 Å². The van der Waals surface area contributed by atoms with Gasteiger partial charge in [-0.05, 0) is 30.7 Å². The maximum atomic E-state index is 9.04. The van der Waals surface area contributed by atoms with Crippen LogP contribution in [0.25, 0.3) is 0 Å². The van der Waals surface area contributed by atoms with Gasteiger partial charge in [0, 0.05) is 13.1 Å². The predicted molar refractivity (Wildman–Crippen MR) is 72.2 cm³/mol. The molecule has 0 amide bonds. The van der Waals surface area contributed by atoms with Crippen molar-refractivity contribution in [1.29, 1.82) is 0 Å². The van der Waals surface area contributed by atoms with E-state index in [0.717, 1.165) is 36.6 Å². The maximum Gasteiger partial charge on any atom is 0.161 e. The number of ether oxygens (including phenoxy) is 2. The molecule has 0 fully saturated rings. The van der Waals surface area contributed by atoms with Crippen LogP contribution in [0.4, 0.5) is 0 Å². The third kappa shape index (κ3) is 4.20. The van der Waals surface area contributed by atoms with Gasteiger partial charge in [-0.3, -0.25) is 4.90 Å². The third-order valence-corrected chi connectivity index (χ3v) is 2.81. The Kier molecular flexibility index (Phi) is 6.54. The molecule has 0 atom stereocenters.